The molecule has 0 N–H and O–H groups in total. The molecule has 0 aromatic rings. The Bertz CT molecular complexity index is 369. The van der Waals surface area contributed by atoms with Gasteiger partial charge >= 0.3 is 137 Å². The van der Waals surface area contributed by atoms with Crippen LogP contribution in [0.15, 0.2) is 6.99 Å². The van der Waals surface area contributed by atoms with Crippen LogP contribution >= 0.6 is 0 Å². The van der Waals surface area contributed by atoms with Crippen LogP contribution in [0.2, 0.25) is 0 Å². The van der Waals surface area contributed by atoms with E-state index in [1.54, 1.807) is 0 Å². The van der Waals surface area contributed by atoms with Gasteiger partial charge in [0.2, 0.25) is 0 Å². The third-order valence-corrected chi connectivity index (χ3v) is 17.3. The molecule has 0 aliphatic heterocycles. The van der Waals surface area contributed by atoms with Gasteiger partial charge in [0.05, 0.1) is 0 Å². The Hall–Kier alpha value is 0.208. The number of hydrogen-bond acceptors (Lipinski definition) is 2. The van der Waals surface area contributed by atoms with Crippen LogP contribution in [0, 0.1) is 0 Å². The van der Waals surface area contributed by atoms with Crippen LogP contribution in [-0.2, 0) is 16.2 Å². The van der Waals surface area contributed by atoms with E-state index in [-0.39, 0.29) is 11.1 Å². The molecule has 0 aromatic heterocycles. The van der Waals surface area contributed by atoms with E-state index < -0.39 is 16.2 Å². The molecular formula is C16H38N4W. The molecular weight excluding hydrogens is 432 g/mol. The zero-order valence-corrected chi connectivity index (χ0v) is 19.0. The predicted molar refractivity (Wildman–Crippen MR) is 90.2 cm³/mol. The van der Waals surface area contributed by atoms with E-state index in [9.17, 15) is 0 Å². The van der Waals surface area contributed by atoms with Crippen LogP contribution in [0.25, 0.3) is 0 Å². The summed E-state index contributed by atoms with van der Waals surface area (Å²) in [6, 6.07) is 0. The van der Waals surface area contributed by atoms with Crippen molar-refractivity contribution in [2.45, 2.75) is 80.3 Å². The molecule has 0 aliphatic carbocycles. The Morgan fingerprint density at radius 3 is 1.00 bits per heavy atom. The second kappa shape index (κ2) is 8.17. The summed E-state index contributed by atoms with van der Waals surface area (Å²) in [7, 11) is 0. The van der Waals surface area contributed by atoms with E-state index in [4.69, 9.17) is 6.99 Å². The van der Waals surface area contributed by atoms with Gasteiger partial charge in [0.1, 0.15) is 0 Å². The van der Waals surface area contributed by atoms with Gasteiger partial charge in [0.15, 0.2) is 0 Å². The minimum absolute atomic E-state index is 0.0464. The maximum absolute atomic E-state index is 5.40. The van der Waals surface area contributed by atoms with Crippen molar-refractivity contribution in [2.24, 2.45) is 6.99 Å². The van der Waals surface area contributed by atoms with Crippen molar-refractivity contribution >= 4 is 0 Å². The molecule has 0 saturated carbocycles. The number of rotatable bonds is 6. The van der Waals surface area contributed by atoms with Crippen molar-refractivity contribution in [1.82, 2.24) is 6.92 Å². The van der Waals surface area contributed by atoms with Crippen LogP contribution in [-0.4, -0.2) is 44.2 Å². The van der Waals surface area contributed by atoms with Gasteiger partial charge in [-0.2, -0.15) is 0 Å². The van der Waals surface area contributed by atoms with Crippen molar-refractivity contribution in [3.8, 4) is 0 Å². The average molecular weight is 470 g/mol. The van der Waals surface area contributed by atoms with Crippen LogP contribution in [0.3, 0.4) is 0 Å². The van der Waals surface area contributed by atoms with Gasteiger partial charge in [-0.15, -0.1) is 0 Å². The van der Waals surface area contributed by atoms with E-state index in [0.29, 0.717) is 0 Å². The molecule has 0 spiro atoms. The van der Waals surface area contributed by atoms with Crippen molar-refractivity contribution in [1.29, 1.82) is 0 Å². The summed E-state index contributed by atoms with van der Waals surface area (Å²) in [5.41, 5.74) is -0.0927. The fraction of sp³-hybridized carbons (Fsp3) is 1.00. The van der Waals surface area contributed by atoms with Gasteiger partial charge in [-0.25, -0.2) is 0 Å². The van der Waals surface area contributed by atoms with Crippen LogP contribution in [0.5, 0.6) is 0 Å². The first-order chi connectivity index (χ1) is 9.45. The first-order valence-corrected chi connectivity index (χ1v) is 13.5. The van der Waals surface area contributed by atoms with Crippen LogP contribution < -0.4 is 0 Å². The van der Waals surface area contributed by atoms with Gasteiger partial charge in [-0.05, 0) is 0 Å². The molecule has 0 saturated heterocycles. The van der Waals surface area contributed by atoms with Crippen molar-refractivity contribution in [3.63, 3.8) is 0 Å². The molecule has 0 aromatic carbocycles. The normalized spacial score (nSPS) is 13.9. The summed E-state index contributed by atoms with van der Waals surface area (Å²) in [5.74, 6) is 0. The third kappa shape index (κ3) is 6.46. The third-order valence-electron chi connectivity index (χ3n) is 2.90. The van der Waals surface area contributed by atoms with E-state index >= 15 is 0 Å². The molecule has 0 bridgehead atoms. The zero-order chi connectivity index (χ0) is 16.9. The standard InChI is InChI=1S/2C4H9N.2C4H10N.W/c2*1-4(2,3)5;2*1-3-5-4-2;/h2*1-3H3;2*3-4H2,1-2H3;/q;;2*-1;+2. The number of nitrogens with zero attached hydrogens (tertiary/aromatic N) is 4. The summed E-state index contributed by atoms with van der Waals surface area (Å²) in [6.07, 6.45) is 0. The van der Waals surface area contributed by atoms with E-state index in [0.717, 1.165) is 26.2 Å². The fourth-order valence-electron chi connectivity index (χ4n) is 2.29. The van der Waals surface area contributed by atoms with Crippen LogP contribution in [0.4, 0.5) is 0 Å². The second-order valence-corrected chi connectivity index (χ2v) is 15.8. The Morgan fingerprint density at radius 2 is 0.857 bits per heavy atom. The first kappa shape index (κ1) is 21.2. The van der Waals surface area contributed by atoms with Crippen LogP contribution in [0.1, 0.15) is 69.2 Å². The van der Waals surface area contributed by atoms with Gasteiger partial charge in [0, 0.05) is 0 Å². The monoisotopic (exact) mass is 470 g/mol. The first-order valence-electron chi connectivity index (χ1n) is 8.27. The predicted octanol–water partition coefficient (Wildman–Crippen LogP) is 4.62. The van der Waals surface area contributed by atoms with E-state index in [1.807, 2.05) is 0 Å². The Kier molecular flexibility index (Phi) is 8.25. The summed E-state index contributed by atoms with van der Waals surface area (Å²) in [4.78, 5) is 0. The van der Waals surface area contributed by atoms with Gasteiger partial charge in [-0.3, -0.25) is 0 Å². The fourth-order valence-corrected chi connectivity index (χ4v) is 15.5. The van der Waals surface area contributed by atoms with Gasteiger partial charge in [-0.1, -0.05) is 0 Å². The molecule has 0 amide bonds. The Balaban J connectivity index is 6.66. The number of hydrogen-bond donors (Lipinski definition) is 0. The topological polar surface area (TPSA) is 31.2 Å². The van der Waals surface area contributed by atoms with Gasteiger partial charge < -0.3 is 0 Å². The Morgan fingerprint density at radius 1 is 0.619 bits per heavy atom. The summed E-state index contributed by atoms with van der Waals surface area (Å²) in [5, 5.41) is 0. The molecule has 4 nitrogen and oxygen atoms in total. The van der Waals surface area contributed by atoms with E-state index in [2.05, 4.69) is 76.2 Å². The SMILES string of the molecule is CC[N](CC)[W](=[N]C(C)(C)C)(=[N]C(C)(C)C)[N](CC)CC. The quantitative estimate of drug-likeness (QED) is 0.568. The van der Waals surface area contributed by atoms with Crippen molar-refractivity contribution in [3.05, 3.63) is 0 Å². The molecule has 21 heavy (non-hydrogen) atoms. The molecule has 0 heterocycles. The molecule has 0 unspecified atom stereocenters. The van der Waals surface area contributed by atoms with Crippen molar-refractivity contribution in [2.75, 3.05) is 26.2 Å². The Labute approximate surface area is 136 Å². The maximum atomic E-state index is 5.40. The molecule has 0 radical (unpaired) electrons. The summed E-state index contributed by atoms with van der Waals surface area (Å²) in [6.45, 7) is 26.4. The molecule has 0 aliphatic rings. The van der Waals surface area contributed by atoms with Gasteiger partial charge in [0.25, 0.3) is 0 Å². The zero-order valence-electron chi connectivity index (χ0n) is 16.0. The van der Waals surface area contributed by atoms with E-state index in [1.165, 1.54) is 0 Å². The minimum atomic E-state index is -3.32. The molecule has 0 atom stereocenters. The average Bonchev–Trinajstić information content (AvgIpc) is 2.27. The van der Waals surface area contributed by atoms with Crippen molar-refractivity contribution < 1.29 is 16.2 Å². The summed E-state index contributed by atoms with van der Waals surface area (Å²) >= 11 is -3.32. The second-order valence-electron chi connectivity index (χ2n) is 7.24. The molecule has 128 valence electrons. The molecule has 0 fully saturated rings. The summed E-state index contributed by atoms with van der Waals surface area (Å²) < 4.78 is 16.0. The molecule has 0 rings (SSSR count). The molecule has 5 heteroatoms.